The van der Waals surface area contributed by atoms with Gasteiger partial charge in [0, 0.05) is 59.1 Å². The summed E-state index contributed by atoms with van der Waals surface area (Å²) in [6.45, 7) is 10.3. The van der Waals surface area contributed by atoms with Crippen LogP contribution in [0, 0.1) is 0 Å². The van der Waals surface area contributed by atoms with Gasteiger partial charge in [-0.1, -0.05) is 36.1 Å². The van der Waals surface area contributed by atoms with E-state index in [0.29, 0.717) is 12.9 Å². The van der Waals surface area contributed by atoms with Crippen molar-refractivity contribution in [2.45, 2.75) is 25.7 Å². The number of nitrogens with two attached hydrogens (primary N) is 1. The molecule has 1 aliphatic rings. The summed E-state index contributed by atoms with van der Waals surface area (Å²) in [5.41, 5.74) is 7.98. The van der Waals surface area contributed by atoms with Crippen LogP contribution in [0.3, 0.4) is 0 Å². The normalized spacial score (nSPS) is 16.2. The lowest BCUT2D eigenvalue weighted by molar-refractivity contribution is 0.0567. The minimum absolute atomic E-state index is 0.613. The van der Waals surface area contributed by atoms with Crippen LogP contribution in [0.2, 0.25) is 0 Å². The van der Waals surface area contributed by atoms with Gasteiger partial charge >= 0.3 is 0 Å². The van der Waals surface area contributed by atoms with Gasteiger partial charge in [-0.2, -0.15) is 0 Å². The van der Waals surface area contributed by atoms with Gasteiger partial charge in [0.25, 0.3) is 0 Å². The topological polar surface area (TPSA) is 51.0 Å². The van der Waals surface area contributed by atoms with Crippen LogP contribution in [0.5, 0.6) is 0 Å². The molecule has 1 aromatic rings. The molecule has 0 bridgehead atoms. The Balaban J connectivity index is 1.48. The Morgan fingerprint density at radius 2 is 1.38 bits per heavy atom. The number of nitrogens with zero attached hydrogens (tertiary/aromatic N) is 2. The summed E-state index contributed by atoms with van der Waals surface area (Å²) in [5, 5.41) is 0. The highest BCUT2D eigenvalue weighted by atomic mass is 16.5. The van der Waals surface area contributed by atoms with Crippen LogP contribution in [0.4, 0.5) is 0 Å². The summed E-state index contributed by atoms with van der Waals surface area (Å²) < 4.78 is 11.2. The first-order valence-electron chi connectivity index (χ1n) is 9.90. The quantitative estimate of drug-likeness (QED) is 0.424. The molecular weight excluding hydrogens is 325 g/mol. The van der Waals surface area contributed by atoms with E-state index in [4.69, 9.17) is 23.1 Å². The highest BCUT2D eigenvalue weighted by Gasteiger charge is 2.16. The van der Waals surface area contributed by atoms with E-state index in [-0.39, 0.29) is 0 Å². The first kappa shape index (κ1) is 21.4. The number of hydrogen-bond donors (Lipinski definition) is 1. The molecule has 2 N–H and O–H groups in total. The van der Waals surface area contributed by atoms with Gasteiger partial charge in [0.1, 0.15) is 0 Å². The van der Waals surface area contributed by atoms with Gasteiger partial charge in [0.2, 0.25) is 0 Å². The molecule has 0 saturated carbocycles. The summed E-state index contributed by atoms with van der Waals surface area (Å²) in [6.07, 6.45) is 2.51. The summed E-state index contributed by atoms with van der Waals surface area (Å²) in [6, 6.07) is 8.66. The van der Waals surface area contributed by atoms with E-state index in [0.717, 1.165) is 78.5 Å². The monoisotopic (exact) mass is 359 g/mol. The van der Waals surface area contributed by atoms with Crippen LogP contribution in [0.1, 0.15) is 24.0 Å². The van der Waals surface area contributed by atoms with Crippen molar-refractivity contribution in [2.75, 3.05) is 65.7 Å². The third-order valence-corrected chi connectivity index (χ3v) is 4.75. The summed E-state index contributed by atoms with van der Waals surface area (Å²) >= 11 is 0. The first-order valence-corrected chi connectivity index (χ1v) is 9.90. The van der Waals surface area contributed by atoms with Crippen LogP contribution in [0.15, 0.2) is 24.3 Å². The minimum atomic E-state index is 0.613. The standard InChI is InChI=1S/C20H34BN3O2/c21-17-19-3-5-20(6-4-19)18-24-10-8-23(9-11-24)12-16-26-15-2-14-25-13-1-7-22/h3-6H,1-2,7-18,22H2. The molecule has 6 heteroatoms. The number of piperazine rings is 1. The van der Waals surface area contributed by atoms with Crippen molar-refractivity contribution in [3.05, 3.63) is 35.4 Å². The van der Waals surface area contributed by atoms with E-state index in [9.17, 15) is 0 Å². The average Bonchev–Trinajstić information content (AvgIpc) is 2.68. The fraction of sp³-hybridized carbons (Fsp3) is 0.700. The van der Waals surface area contributed by atoms with E-state index in [1.54, 1.807) is 0 Å². The second-order valence-electron chi connectivity index (χ2n) is 6.86. The van der Waals surface area contributed by atoms with Crippen molar-refractivity contribution in [1.82, 2.24) is 9.80 Å². The lowest BCUT2D eigenvalue weighted by Crippen LogP contribution is -2.46. The van der Waals surface area contributed by atoms with Gasteiger partial charge in [0.15, 0.2) is 0 Å². The number of hydrogen-bond acceptors (Lipinski definition) is 5. The molecule has 0 aromatic heterocycles. The van der Waals surface area contributed by atoms with Crippen molar-refractivity contribution in [3.63, 3.8) is 0 Å². The third-order valence-electron chi connectivity index (χ3n) is 4.75. The molecule has 1 aliphatic heterocycles. The summed E-state index contributed by atoms with van der Waals surface area (Å²) in [5.74, 6) is 0. The maximum absolute atomic E-state index is 5.72. The maximum Gasteiger partial charge on any atom is 0.0716 e. The van der Waals surface area contributed by atoms with Crippen molar-refractivity contribution in [1.29, 1.82) is 0 Å². The van der Waals surface area contributed by atoms with Gasteiger partial charge < -0.3 is 15.2 Å². The van der Waals surface area contributed by atoms with Gasteiger partial charge in [-0.25, -0.2) is 0 Å². The Morgan fingerprint density at radius 1 is 0.808 bits per heavy atom. The summed E-state index contributed by atoms with van der Waals surface area (Å²) in [4.78, 5) is 5.01. The van der Waals surface area contributed by atoms with Crippen LogP contribution in [-0.4, -0.2) is 83.3 Å². The summed E-state index contributed by atoms with van der Waals surface area (Å²) in [7, 11) is 5.65. The Labute approximate surface area is 160 Å². The molecule has 1 saturated heterocycles. The molecule has 2 rings (SSSR count). The molecule has 0 atom stereocenters. The van der Waals surface area contributed by atoms with Crippen molar-refractivity contribution >= 4 is 7.85 Å². The Morgan fingerprint density at radius 3 is 2.04 bits per heavy atom. The largest absolute Gasteiger partial charge is 0.381 e. The Kier molecular flexibility index (Phi) is 10.9. The molecule has 144 valence electrons. The zero-order valence-corrected chi connectivity index (χ0v) is 16.1. The van der Waals surface area contributed by atoms with E-state index in [1.807, 2.05) is 0 Å². The fourth-order valence-electron chi connectivity index (χ4n) is 3.06. The van der Waals surface area contributed by atoms with E-state index in [1.165, 1.54) is 11.1 Å². The zero-order valence-electron chi connectivity index (χ0n) is 16.1. The predicted molar refractivity (Wildman–Crippen MR) is 108 cm³/mol. The second-order valence-corrected chi connectivity index (χ2v) is 6.86. The molecule has 1 fully saturated rings. The number of rotatable bonds is 13. The highest BCUT2D eigenvalue weighted by molar-refractivity contribution is 6.08. The zero-order chi connectivity index (χ0) is 18.5. The maximum atomic E-state index is 5.72. The van der Waals surface area contributed by atoms with Gasteiger partial charge in [-0.15, -0.1) is 0 Å². The van der Waals surface area contributed by atoms with Crippen LogP contribution < -0.4 is 5.73 Å². The predicted octanol–water partition coefficient (Wildman–Crippen LogP) is 1.24. The van der Waals surface area contributed by atoms with E-state index >= 15 is 0 Å². The third kappa shape index (κ3) is 8.65. The smallest absolute Gasteiger partial charge is 0.0716 e. The molecule has 1 heterocycles. The van der Waals surface area contributed by atoms with Crippen LogP contribution in [0.25, 0.3) is 0 Å². The van der Waals surface area contributed by atoms with Crippen molar-refractivity contribution < 1.29 is 9.47 Å². The Hall–Kier alpha value is -0.915. The highest BCUT2D eigenvalue weighted by Crippen LogP contribution is 2.10. The number of ether oxygens (including phenoxy) is 2. The van der Waals surface area contributed by atoms with Crippen LogP contribution in [-0.2, 0) is 22.3 Å². The van der Waals surface area contributed by atoms with Crippen molar-refractivity contribution in [2.24, 2.45) is 5.73 Å². The van der Waals surface area contributed by atoms with Crippen LogP contribution >= 0.6 is 0 Å². The molecule has 0 unspecified atom stereocenters. The second kappa shape index (κ2) is 13.3. The lowest BCUT2D eigenvalue weighted by atomic mass is 9.96. The molecule has 0 spiro atoms. The van der Waals surface area contributed by atoms with Gasteiger partial charge in [-0.3, -0.25) is 9.80 Å². The van der Waals surface area contributed by atoms with Crippen molar-refractivity contribution in [3.8, 4) is 0 Å². The molecule has 1 aromatic carbocycles. The molecule has 26 heavy (non-hydrogen) atoms. The van der Waals surface area contributed by atoms with Gasteiger partial charge in [-0.05, 0) is 24.9 Å². The molecule has 5 nitrogen and oxygen atoms in total. The molecular formula is C20H34BN3O2. The SMILES string of the molecule is [B]Cc1ccc(CN2CCN(CCOCCCOCCCN)CC2)cc1. The minimum Gasteiger partial charge on any atom is -0.381 e. The van der Waals surface area contributed by atoms with Gasteiger partial charge in [0.05, 0.1) is 14.5 Å². The van der Waals surface area contributed by atoms with E-state index in [2.05, 4.69) is 34.1 Å². The Bertz CT molecular complexity index is 465. The van der Waals surface area contributed by atoms with E-state index < -0.39 is 0 Å². The first-order chi connectivity index (χ1) is 12.8. The molecule has 2 radical (unpaired) electrons. The fourth-order valence-corrected chi connectivity index (χ4v) is 3.06. The number of benzene rings is 1. The average molecular weight is 359 g/mol. The lowest BCUT2D eigenvalue weighted by Gasteiger charge is -2.34. The molecule has 0 aliphatic carbocycles. The molecule has 0 amide bonds.